The third-order valence-corrected chi connectivity index (χ3v) is 20.5. The highest BCUT2D eigenvalue weighted by atomic mass is 16.5. The van der Waals surface area contributed by atoms with Crippen LogP contribution < -0.4 is 18.9 Å². The van der Waals surface area contributed by atoms with Gasteiger partial charge in [-0.3, -0.25) is 38.6 Å². The lowest BCUT2D eigenvalue weighted by Gasteiger charge is -2.37. The Labute approximate surface area is 619 Å². The highest BCUT2D eigenvalue weighted by Gasteiger charge is 2.47. The van der Waals surface area contributed by atoms with Gasteiger partial charge in [-0.2, -0.15) is 0 Å². The summed E-state index contributed by atoms with van der Waals surface area (Å²) in [5.41, 5.74) is 4.13. The van der Waals surface area contributed by atoms with Crippen LogP contribution in [0.15, 0.2) is 170 Å². The van der Waals surface area contributed by atoms with Gasteiger partial charge in [-0.25, -0.2) is 0 Å². The SMILES string of the molecule is CCCN(C)C(=O)C(Cc1ccc(O)cc1)N1C(=O)c2cc(Oc3ccc(C(C)(C)C)cc3)c3c4c(Oc5ccc(C(C)(C)C)cc5)cc5c6c(cc(Oc7ccc(C(C)(C)C)cc7)c(c7c(Oc8ccc(C(C)(C)C)cc8)cc(c2c37)C1=O)c64)C(=O)N(C(Cc1ccc(O)cc1)C(=O)N(C)CCC)C5=O. The van der Waals surface area contributed by atoms with E-state index < -0.39 is 47.5 Å². The highest BCUT2D eigenvalue weighted by molar-refractivity contribution is 6.45. The van der Waals surface area contributed by atoms with Gasteiger partial charge < -0.3 is 39.0 Å². The first kappa shape index (κ1) is 73.1. The average Bonchev–Trinajstić information content (AvgIpc) is 0.670. The van der Waals surface area contributed by atoms with E-state index in [-0.39, 0.29) is 113 Å². The second-order valence-electron chi connectivity index (χ2n) is 32.4. The van der Waals surface area contributed by atoms with Crippen molar-refractivity contribution in [2.45, 2.75) is 156 Å². The molecule has 0 saturated carbocycles. The van der Waals surface area contributed by atoms with E-state index in [1.165, 1.54) is 34.1 Å². The first-order valence-electron chi connectivity index (χ1n) is 36.4. The van der Waals surface area contributed by atoms with E-state index in [9.17, 15) is 10.2 Å². The zero-order chi connectivity index (χ0) is 76.0. The Morgan fingerprint density at radius 1 is 0.349 bits per heavy atom. The van der Waals surface area contributed by atoms with Gasteiger partial charge >= 0.3 is 0 Å². The van der Waals surface area contributed by atoms with Gasteiger partial charge in [-0.1, -0.05) is 170 Å². The van der Waals surface area contributed by atoms with Crippen LogP contribution in [0.25, 0.3) is 43.1 Å². The van der Waals surface area contributed by atoms with Gasteiger partial charge in [0.2, 0.25) is 11.8 Å². The van der Waals surface area contributed by atoms with Gasteiger partial charge in [0, 0.05) is 83.1 Å². The normalized spacial score (nSPS) is 14.0. The fraction of sp³-hybridized carbons (Fsp3) is 0.311. The van der Waals surface area contributed by atoms with Crippen LogP contribution in [0.1, 0.15) is 185 Å². The average molecular weight is 1420 g/mol. The van der Waals surface area contributed by atoms with Crippen LogP contribution in [-0.2, 0) is 44.1 Å². The molecular formula is C90H92N4O12. The molecule has 11 aromatic rings. The summed E-state index contributed by atoms with van der Waals surface area (Å²) in [6, 6.07) is 46.8. The van der Waals surface area contributed by atoms with Crippen molar-refractivity contribution >= 4 is 78.5 Å². The predicted octanol–water partition coefficient (Wildman–Crippen LogP) is 19.7. The summed E-state index contributed by atoms with van der Waals surface area (Å²) in [4.78, 5) is 102. The minimum Gasteiger partial charge on any atom is -0.508 e. The van der Waals surface area contributed by atoms with Crippen LogP contribution in [0.2, 0.25) is 0 Å². The lowest BCUT2D eigenvalue weighted by molar-refractivity contribution is -0.134. The van der Waals surface area contributed by atoms with E-state index in [1.54, 1.807) is 62.6 Å². The molecule has 0 radical (unpaired) electrons. The van der Waals surface area contributed by atoms with Crippen molar-refractivity contribution in [1.29, 1.82) is 0 Å². The minimum atomic E-state index is -1.41. The van der Waals surface area contributed by atoms with E-state index in [0.29, 0.717) is 81.6 Å². The number of carbonyl (C=O) groups excluding carboxylic acids is 6. The molecule has 0 aromatic heterocycles. The van der Waals surface area contributed by atoms with Gasteiger partial charge in [0.15, 0.2) is 0 Å². The minimum absolute atomic E-state index is 0.00589. The van der Waals surface area contributed by atoms with Gasteiger partial charge in [0.05, 0.1) is 22.3 Å². The fourth-order valence-corrected chi connectivity index (χ4v) is 14.7. The van der Waals surface area contributed by atoms with Crippen molar-refractivity contribution in [2.75, 3.05) is 27.2 Å². The summed E-state index contributed by atoms with van der Waals surface area (Å²) in [6.07, 6.45) is 0.931. The molecule has 13 rings (SSSR count). The van der Waals surface area contributed by atoms with E-state index >= 15 is 28.8 Å². The van der Waals surface area contributed by atoms with Crippen molar-refractivity contribution < 1.29 is 57.9 Å². The molecule has 0 bridgehead atoms. The number of carbonyl (C=O) groups is 6. The van der Waals surface area contributed by atoms with Gasteiger partial charge in [-0.15, -0.1) is 0 Å². The molecule has 16 heteroatoms. The molecule has 2 unspecified atom stereocenters. The predicted molar refractivity (Wildman–Crippen MR) is 417 cm³/mol. The summed E-state index contributed by atoms with van der Waals surface area (Å²) in [5.74, 6) is -2.40. The molecule has 2 aliphatic rings. The molecule has 2 N–H and O–H groups in total. The lowest BCUT2D eigenvalue weighted by atomic mass is 9.80. The van der Waals surface area contributed by atoms with E-state index in [0.717, 1.165) is 32.1 Å². The summed E-state index contributed by atoms with van der Waals surface area (Å²) < 4.78 is 29.5. The Kier molecular flexibility index (Phi) is 19.1. The zero-order valence-corrected chi connectivity index (χ0v) is 63.3. The molecule has 0 saturated heterocycles. The molecule has 544 valence electrons. The fourth-order valence-electron chi connectivity index (χ4n) is 14.7. The molecule has 0 aliphatic carbocycles. The Morgan fingerprint density at radius 2 is 0.575 bits per heavy atom. The van der Waals surface area contributed by atoms with Gasteiger partial charge in [0.1, 0.15) is 69.6 Å². The number of fused-ring (bicyclic) bond motifs is 2. The molecule has 16 nitrogen and oxygen atoms in total. The van der Waals surface area contributed by atoms with Crippen molar-refractivity contribution in [3.05, 3.63) is 225 Å². The number of aromatic hydroxyl groups is 2. The zero-order valence-electron chi connectivity index (χ0n) is 63.3. The Bertz CT molecular complexity index is 4710. The quantitative estimate of drug-likeness (QED) is 0.0417. The maximum atomic E-state index is 16.6. The Balaban J connectivity index is 1.22. The molecule has 2 aliphatic heterocycles. The third-order valence-electron chi connectivity index (χ3n) is 20.5. The standard InChI is InChI=1S/C90H92N4O12/c1-17-43-91(15)85(101)67(45-51-19-31-57(95)32-20-51)93-81(97)63-47-69(103-59-35-23-53(24-36-59)87(3,4)5)75-77-71(105-61-39-27-55(28-40-61)89(9,10)11)49-65-74-66(84(100)94(83(65)99)68(86(102)92(16)44-18-2)46-52-21-33-58(96)34-22-52)50-72(106-62-41-29-56(30-42-62)90(12,13)14)78(80(74)77)76-70(48-64(82(93)98)73(63)79(75)76)104-60-37-25-54(26-38-60)88(6,7)8/h19-42,47-50,67-68,95-96H,17-18,43-46H2,1-16H3. The molecular weight excluding hydrogens is 1330 g/mol. The van der Waals surface area contributed by atoms with Crippen LogP contribution >= 0.6 is 0 Å². The first-order valence-corrected chi connectivity index (χ1v) is 36.4. The first-order chi connectivity index (χ1) is 50.1. The van der Waals surface area contributed by atoms with Crippen molar-refractivity contribution in [3.8, 4) is 57.5 Å². The number of rotatable bonds is 20. The van der Waals surface area contributed by atoms with Crippen molar-refractivity contribution in [1.82, 2.24) is 19.6 Å². The number of phenols is 2. The number of hydrogen-bond acceptors (Lipinski definition) is 12. The molecule has 2 atom stereocenters. The third kappa shape index (κ3) is 13.7. The second-order valence-corrected chi connectivity index (χ2v) is 32.4. The summed E-state index contributed by atoms with van der Waals surface area (Å²) in [6.45, 7) is 29.8. The number of benzene rings is 11. The molecule has 11 aromatic carbocycles. The Hall–Kier alpha value is -11.3. The summed E-state index contributed by atoms with van der Waals surface area (Å²) in [5, 5.41) is 23.1. The molecule has 2 heterocycles. The number of imide groups is 2. The second kappa shape index (κ2) is 27.7. The molecule has 106 heavy (non-hydrogen) atoms. The van der Waals surface area contributed by atoms with Crippen LogP contribution in [0.3, 0.4) is 0 Å². The van der Waals surface area contributed by atoms with Crippen molar-refractivity contribution in [2.24, 2.45) is 0 Å². The number of hydrogen-bond donors (Lipinski definition) is 2. The van der Waals surface area contributed by atoms with Crippen LogP contribution in [0, 0.1) is 0 Å². The smallest absolute Gasteiger partial charge is 0.262 e. The monoisotopic (exact) mass is 1420 g/mol. The number of ether oxygens (including phenoxy) is 4. The maximum absolute atomic E-state index is 16.6. The maximum Gasteiger partial charge on any atom is 0.262 e. The molecule has 0 fully saturated rings. The van der Waals surface area contributed by atoms with E-state index in [2.05, 4.69) is 83.1 Å². The summed E-state index contributed by atoms with van der Waals surface area (Å²) >= 11 is 0. The lowest BCUT2D eigenvalue weighted by Crippen LogP contribution is -2.55. The van der Waals surface area contributed by atoms with Crippen LogP contribution in [0.5, 0.6) is 57.5 Å². The number of amides is 6. The molecule has 6 amide bonds. The molecule has 0 spiro atoms. The largest absolute Gasteiger partial charge is 0.508 e. The number of phenolic OH excluding ortho intramolecular Hbond substituents is 2. The number of nitrogens with zero attached hydrogens (tertiary/aromatic N) is 4. The topological polar surface area (TPSA) is 193 Å². The van der Waals surface area contributed by atoms with Crippen LogP contribution in [-0.4, -0.2) is 105 Å². The number of likely N-dealkylation sites (N-methyl/N-ethyl adjacent to an activating group) is 2. The Morgan fingerprint density at radius 3 is 0.783 bits per heavy atom. The van der Waals surface area contributed by atoms with E-state index in [4.69, 9.17) is 18.9 Å². The van der Waals surface area contributed by atoms with Crippen molar-refractivity contribution in [3.63, 3.8) is 0 Å². The summed E-state index contributed by atoms with van der Waals surface area (Å²) in [7, 11) is 3.29. The van der Waals surface area contributed by atoms with Gasteiger partial charge in [0.25, 0.3) is 23.6 Å². The van der Waals surface area contributed by atoms with E-state index in [1.807, 2.05) is 111 Å². The van der Waals surface area contributed by atoms with Gasteiger partial charge in [-0.05, 0) is 165 Å². The highest BCUT2D eigenvalue weighted by Crippen LogP contribution is 2.58. The van der Waals surface area contributed by atoms with Crippen LogP contribution in [0.4, 0.5) is 0 Å².